The van der Waals surface area contributed by atoms with E-state index in [1.54, 1.807) is 6.07 Å². The lowest BCUT2D eigenvalue weighted by Gasteiger charge is -2.13. The smallest absolute Gasteiger partial charge is 0.391 e. The first-order valence-electron chi connectivity index (χ1n) is 7.70. The van der Waals surface area contributed by atoms with E-state index in [2.05, 4.69) is 5.32 Å². The molecular formula is C19H18F3NO2. The third-order valence-electron chi connectivity index (χ3n) is 3.49. The minimum atomic E-state index is -4.65. The van der Waals surface area contributed by atoms with Crippen LogP contribution < -0.4 is 5.32 Å². The third-order valence-corrected chi connectivity index (χ3v) is 3.49. The Morgan fingerprint density at radius 3 is 2.16 bits per heavy atom. The lowest BCUT2D eigenvalue weighted by molar-refractivity contribution is -0.117. The molecule has 0 saturated carbocycles. The lowest BCUT2D eigenvalue weighted by Crippen LogP contribution is -2.32. The first-order chi connectivity index (χ1) is 11.9. The highest BCUT2D eigenvalue weighted by molar-refractivity contribution is 5.96. The van der Waals surface area contributed by atoms with Crippen molar-refractivity contribution in [2.45, 2.75) is 18.7 Å². The molecule has 25 heavy (non-hydrogen) atoms. The predicted octanol–water partition coefficient (Wildman–Crippen LogP) is 3.35. The molecule has 2 aromatic carbocycles. The average molecular weight is 349 g/mol. The Bertz CT molecular complexity index is 712. The van der Waals surface area contributed by atoms with Gasteiger partial charge in [-0.1, -0.05) is 60.7 Å². The van der Waals surface area contributed by atoms with E-state index in [0.29, 0.717) is 12.5 Å². The second-order valence-electron chi connectivity index (χ2n) is 5.51. The zero-order valence-electron chi connectivity index (χ0n) is 13.3. The van der Waals surface area contributed by atoms with Crippen molar-refractivity contribution < 1.29 is 23.1 Å². The molecule has 6 heteroatoms. The van der Waals surface area contributed by atoms with Gasteiger partial charge in [0, 0.05) is 19.0 Å². The van der Waals surface area contributed by atoms with E-state index < -0.39 is 23.8 Å². The van der Waals surface area contributed by atoms with Crippen molar-refractivity contribution in [1.29, 1.82) is 0 Å². The van der Waals surface area contributed by atoms with E-state index in [9.17, 15) is 23.1 Å². The maximum Gasteiger partial charge on any atom is 0.417 e. The fourth-order valence-corrected chi connectivity index (χ4v) is 2.31. The SMILES string of the molecule is O=C(/C=C(/c1ccccc1)C(F)(F)F)NCC(O)Cc1ccccc1. The number of carbonyl (C=O) groups excluding carboxylic acids is 1. The molecule has 0 bridgehead atoms. The van der Waals surface area contributed by atoms with Gasteiger partial charge in [-0.25, -0.2) is 0 Å². The molecule has 1 unspecified atom stereocenters. The minimum Gasteiger partial charge on any atom is -0.391 e. The molecule has 1 amide bonds. The van der Waals surface area contributed by atoms with Crippen molar-refractivity contribution in [3.05, 3.63) is 77.9 Å². The Kier molecular flexibility index (Phi) is 6.36. The average Bonchev–Trinajstić information content (AvgIpc) is 2.58. The Hall–Kier alpha value is -2.60. The van der Waals surface area contributed by atoms with Gasteiger partial charge in [0.05, 0.1) is 11.7 Å². The summed E-state index contributed by atoms with van der Waals surface area (Å²) in [6.07, 6.45) is -4.72. The molecule has 132 valence electrons. The van der Waals surface area contributed by atoms with E-state index in [0.717, 1.165) is 5.56 Å². The van der Waals surface area contributed by atoms with Crippen molar-refractivity contribution in [3.8, 4) is 0 Å². The molecule has 2 aromatic rings. The Balaban J connectivity index is 1.99. The summed E-state index contributed by atoms with van der Waals surface area (Å²) in [5.74, 6) is -0.900. The number of alkyl halides is 3. The van der Waals surface area contributed by atoms with Gasteiger partial charge in [0.2, 0.25) is 5.91 Å². The highest BCUT2D eigenvalue weighted by Gasteiger charge is 2.35. The van der Waals surface area contributed by atoms with Crippen LogP contribution in [0, 0.1) is 0 Å². The zero-order valence-corrected chi connectivity index (χ0v) is 13.3. The van der Waals surface area contributed by atoms with E-state index in [4.69, 9.17) is 0 Å². The molecule has 0 aliphatic rings. The summed E-state index contributed by atoms with van der Waals surface area (Å²) in [6.45, 7) is -0.135. The number of aliphatic hydroxyl groups excluding tert-OH is 1. The van der Waals surface area contributed by atoms with Gasteiger partial charge in [0.1, 0.15) is 0 Å². The van der Waals surface area contributed by atoms with Gasteiger partial charge in [0.15, 0.2) is 0 Å². The number of allylic oxidation sites excluding steroid dienone is 1. The summed E-state index contributed by atoms with van der Waals surface area (Å²) >= 11 is 0. The minimum absolute atomic E-state index is 0.0880. The van der Waals surface area contributed by atoms with Gasteiger partial charge in [0.25, 0.3) is 0 Å². The van der Waals surface area contributed by atoms with Crippen LogP contribution in [0.2, 0.25) is 0 Å². The zero-order chi connectivity index (χ0) is 18.3. The molecule has 1 atom stereocenters. The van der Waals surface area contributed by atoms with E-state index in [-0.39, 0.29) is 12.1 Å². The number of benzene rings is 2. The first-order valence-corrected chi connectivity index (χ1v) is 7.70. The number of aliphatic hydroxyl groups is 1. The van der Waals surface area contributed by atoms with Crippen molar-refractivity contribution in [3.63, 3.8) is 0 Å². The van der Waals surface area contributed by atoms with Crippen LogP contribution in [0.4, 0.5) is 13.2 Å². The van der Waals surface area contributed by atoms with Crippen LogP contribution >= 0.6 is 0 Å². The quantitative estimate of drug-likeness (QED) is 0.786. The topological polar surface area (TPSA) is 49.3 Å². The summed E-state index contributed by atoms with van der Waals surface area (Å²) in [5.41, 5.74) is -0.238. The number of amides is 1. The number of halogens is 3. The number of hydrogen-bond donors (Lipinski definition) is 2. The Morgan fingerprint density at radius 2 is 1.60 bits per heavy atom. The van der Waals surface area contributed by atoms with Crippen molar-refractivity contribution in [2.24, 2.45) is 0 Å². The second-order valence-corrected chi connectivity index (χ2v) is 5.51. The van der Waals surface area contributed by atoms with Crippen LogP contribution in [0.3, 0.4) is 0 Å². The molecule has 2 rings (SSSR count). The summed E-state index contributed by atoms with van der Waals surface area (Å²) in [7, 11) is 0. The van der Waals surface area contributed by atoms with Crippen LogP contribution in [0.25, 0.3) is 5.57 Å². The molecule has 0 spiro atoms. The molecule has 3 nitrogen and oxygen atoms in total. The fourth-order valence-electron chi connectivity index (χ4n) is 2.31. The second kappa shape index (κ2) is 8.48. The highest BCUT2D eigenvalue weighted by atomic mass is 19.4. The molecule has 0 aliphatic heterocycles. The predicted molar refractivity (Wildman–Crippen MR) is 89.6 cm³/mol. The monoisotopic (exact) mass is 349 g/mol. The van der Waals surface area contributed by atoms with Crippen molar-refractivity contribution in [1.82, 2.24) is 5.32 Å². The largest absolute Gasteiger partial charge is 0.417 e. The van der Waals surface area contributed by atoms with Gasteiger partial charge in [-0.15, -0.1) is 0 Å². The van der Waals surface area contributed by atoms with Gasteiger partial charge in [-0.05, 0) is 11.1 Å². The number of rotatable bonds is 6. The summed E-state index contributed by atoms with van der Waals surface area (Å²) in [6, 6.07) is 16.2. The fraction of sp³-hybridized carbons (Fsp3) is 0.211. The molecule has 0 radical (unpaired) electrons. The van der Waals surface area contributed by atoms with Crippen LogP contribution in [-0.2, 0) is 11.2 Å². The van der Waals surface area contributed by atoms with Crippen LogP contribution in [-0.4, -0.2) is 29.8 Å². The lowest BCUT2D eigenvalue weighted by atomic mass is 10.0. The molecule has 0 heterocycles. The summed E-state index contributed by atoms with van der Waals surface area (Å²) in [5, 5.41) is 12.2. The van der Waals surface area contributed by atoms with Crippen molar-refractivity contribution >= 4 is 11.5 Å². The van der Waals surface area contributed by atoms with E-state index in [1.165, 1.54) is 24.3 Å². The normalized spacial score (nSPS) is 13.4. The van der Waals surface area contributed by atoms with Gasteiger partial charge in [-0.2, -0.15) is 13.2 Å². The summed E-state index contributed by atoms with van der Waals surface area (Å²) in [4.78, 5) is 11.8. The molecule has 2 N–H and O–H groups in total. The van der Waals surface area contributed by atoms with Crippen LogP contribution in [0.5, 0.6) is 0 Å². The van der Waals surface area contributed by atoms with Crippen LogP contribution in [0.15, 0.2) is 66.7 Å². The number of hydrogen-bond acceptors (Lipinski definition) is 2. The molecule has 0 fully saturated rings. The maximum absolute atomic E-state index is 13.2. The third kappa shape index (κ3) is 6.08. The number of nitrogens with one attached hydrogen (secondary N) is 1. The standard InChI is InChI=1S/C19H18F3NO2/c20-19(21,22)17(15-9-5-2-6-10-15)12-18(25)23-13-16(24)11-14-7-3-1-4-8-14/h1-10,12,16,24H,11,13H2,(H,23,25)/b17-12-. The Morgan fingerprint density at radius 1 is 1.04 bits per heavy atom. The van der Waals surface area contributed by atoms with E-state index in [1.807, 2.05) is 30.3 Å². The first kappa shape index (κ1) is 18.7. The van der Waals surface area contributed by atoms with Gasteiger partial charge < -0.3 is 10.4 Å². The highest BCUT2D eigenvalue weighted by Crippen LogP contribution is 2.33. The molecule has 0 aliphatic carbocycles. The van der Waals surface area contributed by atoms with E-state index >= 15 is 0 Å². The molecule has 0 saturated heterocycles. The number of carbonyl (C=O) groups is 1. The van der Waals surface area contributed by atoms with Crippen LogP contribution in [0.1, 0.15) is 11.1 Å². The molecular weight excluding hydrogens is 331 g/mol. The maximum atomic E-state index is 13.2. The Labute approximate surface area is 143 Å². The van der Waals surface area contributed by atoms with Gasteiger partial charge in [-0.3, -0.25) is 4.79 Å². The molecule has 0 aromatic heterocycles. The van der Waals surface area contributed by atoms with Gasteiger partial charge >= 0.3 is 6.18 Å². The summed E-state index contributed by atoms with van der Waals surface area (Å²) < 4.78 is 39.5. The van der Waals surface area contributed by atoms with Crippen molar-refractivity contribution in [2.75, 3.05) is 6.54 Å².